The van der Waals surface area contributed by atoms with Gasteiger partial charge in [0, 0.05) is 48.8 Å². The van der Waals surface area contributed by atoms with Crippen molar-refractivity contribution in [3.8, 4) is 0 Å². The number of anilines is 2. The number of fused-ring (bicyclic) bond motifs is 1. The number of benzene rings is 2. The molecule has 0 saturated carbocycles. The summed E-state index contributed by atoms with van der Waals surface area (Å²) in [5.41, 5.74) is 2.77. The Kier molecular flexibility index (Phi) is 11.1. The molecule has 258 valence electrons. The highest BCUT2D eigenvalue weighted by Crippen LogP contribution is 2.72. The van der Waals surface area contributed by atoms with Crippen LogP contribution in [0.15, 0.2) is 79.9 Å². The van der Waals surface area contributed by atoms with Crippen molar-refractivity contribution in [2.24, 2.45) is 11.8 Å². The van der Waals surface area contributed by atoms with Gasteiger partial charge in [-0.05, 0) is 76.3 Å². The molecule has 1 spiro atoms. The van der Waals surface area contributed by atoms with Crippen molar-refractivity contribution >= 4 is 40.9 Å². The highest BCUT2D eigenvalue weighted by atomic mass is 32.2. The monoisotopic (exact) mass is 672 g/mol. The Morgan fingerprint density at radius 2 is 1.62 bits per heavy atom. The molecule has 5 rings (SSSR count). The van der Waals surface area contributed by atoms with E-state index >= 15 is 4.79 Å². The molecule has 2 aromatic carbocycles. The van der Waals surface area contributed by atoms with Crippen molar-refractivity contribution < 1.29 is 19.5 Å². The molecule has 1 N–H and O–H groups in total. The van der Waals surface area contributed by atoms with Crippen LogP contribution in [0.2, 0.25) is 0 Å². The molecule has 6 atom stereocenters. The van der Waals surface area contributed by atoms with Crippen LogP contribution in [-0.2, 0) is 20.8 Å². The van der Waals surface area contributed by atoms with Crippen LogP contribution >= 0.6 is 11.8 Å². The number of aliphatic hydroxyl groups excluding tert-OH is 1. The molecule has 3 fully saturated rings. The summed E-state index contributed by atoms with van der Waals surface area (Å²) in [6.07, 6.45) is 6.01. The summed E-state index contributed by atoms with van der Waals surface area (Å²) in [6.45, 7) is 18.9. The number of rotatable bonds is 16. The first-order valence-electron chi connectivity index (χ1n) is 17.5. The Morgan fingerprint density at radius 3 is 2.21 bits per heavy atom. The largest absolute Gasteiger partial charge is 0.394 e. The molecule has 2 unspecified atom stereocenters. The predicted molar refractivity (Wildman–Crippen MR) is 196 cm³/mol. The number of hydrogen-bond acceptors (Lipinski definition) is 6. The molecule has 9 heteroatoms. The molecule has 48 heavy (non-hydrogen) atoms. The number of carbonyl (C=O) groups is 3. The van der Waals surface area contributed by atoms with Crippen molar-refractivity contribution in [1.82, 2.24) is 9.80 Å². The molecule has 0 radical (unpaired) electrons. The molecular formula is C39H52N4O4S. The highest BCUT2D eigenvalue weighted by molar-refractivity contribution is 8.02. The molecule has 3 aliphatic heterocycles. The van der Waals surface area contributed by atoms with Gasteiger partial charge in [-0.25, -0.2) is 0 Å². The van der Waals surface area contributed by atoms with E-state index in [1.54, 1.807) is 33.7 Å². The average molecular weight is 673 g/mol. The van der Waals surface area contributed by atoms with Gasteiger partial charge in [0.2, 0.25) is 11.8 Å². The second-order valence-corrected chi connectivity index (χ2v) is 15.4. The van der Waals surface area contributed by atoms with Crippen LogP contribution in [0.5, 0.6) is 0 Å². The quantitative estimate of drug-likeness (QED) is 0.235. The van der Waals surface area contributed by atoms with Gasteiger partial charge in [0.05, 0.1) is 29.2 Å². The van der Waals surface area contributed by atoms with Crippen molar-refractivity contribution in [1.29, 1.82) is 0 Å². The van der Waals surface area contributed by atoms with E-state index in [0.717, 1.165) is 42.9 Å². The maximum absolute atomic E-state index is 15.2. The molecule has 3 saturated heterocycles. The van der Waals surface area contributed by atoms with Gasteiger partial charge in [0.15, 0.2) is 0 Å². The van der Waals surface area contributed by atoms with E-state index in [-0.39, 0.29) is 30.9 Å². The maximum atomic E-state index is 15.2. The number of carbonyl (C=O) groups excluding carboxylic acids is 3. The molecule has 0 aliphatic carbocycles. The summed E-state index contributed by atoms with van der Waals surface area (Å²) >= 11 is 1.67. The summed E-state index contributed by atoms with van der Waals surface area (Å²) in [7, 11) is 0. The van der Waals surface area contributed by atoms with Gasteiger partial charge in [-0.15, -0.1) is 24.9 Å². The van der Waals surface area contributed by atoms with Crippen molar-refractivity contribution in [2.45, 2.75) is 75.0 Å². The first-order valence-corrected chi connectivity index (χ1v) is 18.3. The zero-order valence-electron chi connectivity index (χ0n) is 29.0. The predicted octanol–water partition coefficient (Wildman–Crippen LogP) is 5.56. The van der Waals surface area contributed by atoms with E-state index in [1.165, 1.54) is 0 Å². The van der Waals surface area contributed by atoms with E-state index < -0.39 is 33.4 Å². The minimum Gasteiger partial charge on any atom is -0.394 e. The van der Waals surface area contributed by atoms with E-state index in [1.807, 2.05) is 66.4 Å². The van der Waals surface area contributed by atoms with E-state index in [0.29, 0.717) is 25.9 Å². The lowest BCUT2D eigenvalue weighted by atomic mass is 9.66. The molecule has 8 nitrogen and oxygen atoms in total. The smallest absolute Gasteiger partial charge is 0.251 e. The standard InChI is InChI=1S/C39H52N4O4S/c1-7-23-41(24-8-2)35(45)32-33-36(46)43(31(27-44)26-28-15-13-12-14-16-28)34(39(33)22-21-38(32,6)48-39)37(47)42(25-9-3)30-19-17-29(18-20-30)40(10-4)11-5/h7,9,12-20,31-34,44H,1,3,8,10-11,21-27H2,2,4-6H3/t31-,32-,33+,34?,38+,39?/m1/s1. The van der Waals surface area contributed by atoms with E-state index in [9.17, 15) is 14.7 Å². The van der Waals surface area contributed by atoms with E-state index in [4.69, 9.17) is 0 Å². The molecule has 0 aromatic heterocycles. The third-order valence-electron chi connectivity index (χ3n) is 10.7. The van der Waals surface area contributed by atoms with Crippen LogP contribution in [0, 0.1) is 11.8 Å². The molecule has 2 bridgehead atoms. The minimum atomic E-state index is -0.859. The van der Waals surface area contributed by atoms with E-state index in [2.05, 4.69) is 38.8 Å². The number of amides is 3. The normalized spacial score (nSPS) is 26.2. The van der Waals surface area contributed by atoms with Crippen LogP contribution in [0.25, 0.3) is 0 Å². The summed E-state index contributed by atoms with van der Waals surface area (Å²) < 4.78 is -1.29. The Balaban J connectivity index is 1.61. The average Bonchev–Trinajstić information content (AvgIpc) is 3.67. The van der Waals surface area contributed by atoms with Gasteiger partial charge >= 0.3 is 0 Å². The highest BCUT2D eigenvalue weighted by Gasteiger charge is 2.78. The second kappa shape index (κ2) is 14.9. The Hall–Kier alpha value is -3.56. The first-order chi connectivity index (χ1) is 23.1. The third kappa shape index (κ3) is 6.20. The number of nitrogens with zero attached hydrogens (tertiary/aromatic N) is 4. The zero-order chi connectivity index (χ0) is 34.6. The fourth-order valence-electron chi connectivity index (χ4n) is 8.49. The Morgan fingerprint density at radius 1 is 0.979 bits per heavy atom. The van der Waals surface area contributed by atoms with Crippen LogP contribution in [0.3, 0.4) is 0 Å². The van der Waals surface area contributed by atoms with Crippen LogP contribution in [0.1, 0.15) is 52.5 Å². The number of likely N-dealkylation sites (tertiary alicyclic amines) is 1. The number of hydrogen-bond donors (Lipinski definition) is 1. The zero-order valence-corrected chi connectivity index (χ0v) is 29.8. The molecule has 3 heterocycles. The van der Waals surface area contributed by atoms with Gasteiger partial charge < -0.3 is 24.7 Å². The summed E-state index contributed by atoms with van der Waals surface area (Å²) in [6, 6.07) is 16.3. The van der Waals surface area contributed by atoms with Gasteiger partial charge in [0.25, 0.3) is 5.91 Å². The fraction of sp³-hybridized carbons (Fsp3) is 0.513. The lowest BCUT2D eigenvalue weighted by molar-refractivity contribution is -0.146. The van der Waals surface area contributed by atoms with Crippen molar-refractivity contribution in [3.63, 3.8) is 0 Å². The number of aliphatic hydroxyl groups is 1. The topological polar surface area (TPSA) is 84.4 Å². The third-order valence-corrected chi connectivity index (χ3v) is 12.6. The molecular weight excluding hydrogens is 621 g/mol. The van der Waals surface area contributed by atoms with Gasteiger partial charge in [-0.2, -0.15) is 0 Å². The van der Waals surface area contributed by atoms with Gasteiger partial charge in [-0.3, -0.25) is 14.4 Å². The van der Waals surface area contributed by atoms with Crippen molar-refractivity contribution in [2.75, 3.05) is 49.1 Å². The van der Waals surface area contributed by atoms with Crippen LogP contribution in [0.4, 0.5) is 11.4 Å². The Labute approximate surface area is 290 Å². The maximum Gasteiger partial charge on any atom is 0.251 e. The van der Waals surface area contributed by atoms with Crippen molar-refractivity contribution in [3.05, 3.63) is 85.5 Å². The second-order valence-electron chi connectivity index (χ2n) is 13.5. The summed E-state index contributed by atoms with van der Waals surface area (Å²) in [5, 5.41) is 10.9. The van der Waals surface area contributed by atoms with Gasteiger partial charge in [0.1, 0.15) is 6.04 Å². The SMILES string of the molecule is C=CCN(CCC)C(=O)[C@H]1[C@H]2C(=O)N([C@@H](CO)Cc3ccccc3)C(C(=O)N(CC=C)c3ccc(N(CC)CC)cc3)C23CC[C@]1(C)S3. The molecule has 2 aromatic rings. The summed E-state index contributed by atoms with van der Waals surface area (Å²) in [5.74, 6) is -1.70. The minimum absolute atomic E-state index is 0.0433. The van der Waals surface area contributed by atoms with Crippen LogP contribution in [-0.4, -0.2) is 93.5 Å². The lowest BCUT2D eigenvalue weighted by Crippen LogP contribution is -2.58. The number of thioether (sulfide) groups is 1. The van der Waals surface area contributed by atoms with Gasteiger partial charge in [-0.1, -0.05) is 49.4 Å². The fourth-order valence-corrected chi connectivity index (χ4v) is 10.8. The first kappa shape index (κ1) is 35.7. The van der Waals surface area contributed by atoms with Crippen LogP contribution < -0.4 is 9.80 Å². The summed E-state index contributed by atoms with van der Waals surface area (Å²) in [4.78, 5) is 52.1. The lowest BCUT2D eigenvalue weighted by Gasteiger charge is -2.40. The molecule has 3 amide bonds. The molecule has 3 aliphatic rings. The Bertz CT molecular complexity index is 1480.